The molecule has 1 aliphatic rings. The molecule has 18 heavy (non-hydrogen) atoms. The minimum Gasteiger partial charge on any atom is -0.458 e. The van der Waals surface area contributed by atoms with Crippen LogP contribution in [0.1, 0.15) is 11.7 Å². The van der Waals surface area contributed by atoms with Crippen molar-refractivity contribution in [2.45, 2.75) is 6.10 Å². The highest BCUT2D eigenvalue weighted by Gasteiger charge is 2.29. The van der Waals surface area contributed by atoms with E-state index in [2.05, 4.69) is 26.2 Å². The molecule has 0 fully saturated rings. The zero-order valence-electron chi connectivity index (χ0n) is 9.26. The molecule has 0 saturated heterocycles. The van der Waals surface area contributed by atoms with Crippen LogP contribution in [0.5, 0.6) is 5.88 Å². The molecule has 90 valence electrons. The van der Waals surface area contributed by atoms with Crippen molar-refractivity contribution in [2.75, 3.05) is 5.32 Å². The molecular weight excluding hydrogens is 296 g/mol. The van der Waals surface area contributed by atoms with Gasteiger partial charge in [-0.2, -0.15) is 0 Å². The van der Waals surface area contributed by atoms with Gasteiger partial charge >= 0.3 is 0 Å². The second-order valence-electron chi connectivity index (χ2n) is 3.88. The number of fused-ring (bicyclic) bond motifs is 1. The van der Waals surface area contributed by atoms with Gasteiger partial charge in [-0.05, 0) is 28.1 Å². The van der Waals surface area contributed by atoms with Gasteiger partial charge in [0.25, 0.3) is 5.91 Å². The second kappa shape index (κ2) is 4.42. The average Bonchev–Trinajstić information content (AvgIpc) is 2.39. The highest BCUT2D eigenvalue weighted by molar-refractivity contribution is 9.10. The first kappa shape index (κ1) is 11.2. The molecule has 1 N–H and O–H groups in total. The van der Waals surface area contributed by atoms with Gasteiger partial charge in [0.15, 0.2) is 0 Å². The van der Waals surface area contributed by atoms with E-state index in [1.165, 1.54) is 0 Å². The van der Waals surface area contributed by atoms with Crippen molar-refractivity contribution in [2.24, 2.45) is 0 Å². The van der Waals surface area contributed by atoms with E-state index in [0.29, 0.717) is 16.2 Å². The van der Waals surface area contributed by atoms with Gasteiger partial charge < -0.3 is 10.1 Å². The minimum absolute atomic E-state index is 0.183. The zero-order valence-corrected chi connectivity index (χ0v) is 10.8. The number of hydrogen-bond donors (Lipinski definition) is 1. The molecule has 5 heteroatoms. The van der Waals surface area contributed by atoms with Crippen LogP contribution < -0.4 is 10.1 Å². The summed E-state index contributed by atoms with van der Waals surface area (Å²) in [5, 5.41) is 2.79. The fourth-order valence-electron chi connectivity index (χ4n) is 1.81. The SMILES string of the molecule is O=C1Nc2ccc(Br)nc2OC1c1ccccc1. The largest absolute Gasteiger partial charge is 0.458 e. The summed E-state index contributed by atoms with van der Waals surface area (Å²) in [5.41, 5.74) is 1.40. The molecule has 1 atom stereocenters. The first-order valence-corrected chi connectivity index (χ1v) is 6.22. The van der Waals surface area contributed by atoms with Crippen molar-refractivity contribution in [1.29, 1.82) is 0 Å². The number of nitrogens with zero attached hydrogens (tertiary/aromatic N) is 1. The number of halogens is 1. The lowest BCUT2D eigenvalue weighted by Gasteiger charge is -2.25. The summed E-state index contributed by atoms with van der Waals surface area (Å²) in [6, 6.07) is 12.9. The number of carbonyl (C=O) groups is 1. The third-order valence-electron chi connectivity index (χ3n) is 2.65. The van der Waals surface area contributed by atoms with E-state index in [4.69, 9.17) is 4.74 Å². The predicted octanol–water partition coefficient (Wildman–Crippen LogP) is 2.92. The number of pyridine rings is 1. The number of hydrogen-bond acceptors (Lipinski definition) is 3. The molecule has 2 aromatic rings. The summed E-state index contributed by atoms with van der Waals surface area (Å²) in [7, 11) is 0. The van der Waals surface area contributed by atoms with E-state index in [0.717, 1.165) is 5.56 Å². The summed E-state index contributed by atoms with van der Waals surface area (Å²) >= 11 is 3.28. The van der Waals surface area contributed by atoms with Crippen molar-refractivity contribution in [3.8, 4) is 5.88 Å². The molecule has 0 radical (unpaired) electrons. The van der Waals surface area contributed by atoms with Gasteiger partial charge in [0.05, 0.1) is 0 Å². The maximum absolute atomic E-state index is 12.0. The molecule has 0 aliphatic carbocycles. The van der Waals surface area contributed by atoms with Gasteiger partial charge in [0.1, 0.15) is 10.3 Å². The van der Waals surface area contributed by atoms with Crippen molar-refractivity contribution >= 4 is 27.5 Å². The van der Waals surface area contributed by atoms with E-state index < -0.39 is 6.10 Å². The Morgan fingerprint density at radius 2 is 1.94 bits per heavy atom. The van der Waals surface area contributed by atoms with Crippen molar-refractivity contribution in [1.82, 2.24) is 4.98 Å². The van der Waals surface area contributed by atoms with Crippen LogP contribution in [0.2, 0.25) is 0 Å². The number of rotatable bonds is 1. The topological polar surface area (TPSA) is 51.2 Å². The molecule has 1 aromatic heterocycles. The Bertz CT molecular complexity index is 601. The Labute approximate surface area is 112 Å². The first-order chi connectivity index (χ1) is 8.74. The number of aromatic nitrogens is 1. The van der Waals surface area contributed by atoms with Crippen LogP contribution in [0.3, 0.4) is 0 Å². The highest BCUT2D eigenvalue weighted by Crippen LogP contribution is 2.34. The number of amides is 1. The third-order valence-corrected chi connectivity index (χ3v) is 3.10. The van der Waals surface area contributed by atoms with Gasteiger partial charge in [0, 0.05) is 5.56 Å². The molecule has 1 aromatic carbocycles. The molecule has 1 unspecified atom stereocenters. The van der Waals surface area contributed by atoms with Gasteiger partial charge in [0.2, 0.25) is 12.0 Å². The van der Waals surface area contributed by atoms with Gasteiger partial charge in [-0.3, -0.25) is 4.79 Å². The zero-order chi connectivity index (χ0) is 12.5. The number of anilines is 1. The maximum atomic E-state index is 12.0. The molecular formula is C13H9BrN2O2. The maximum Gasteiger partial charge on any atom is 0.270 e. The summed E-state index contributed by atoms with van der Waals surface area (Å²) in [5.74, 6) is 0.246. The Morgan fingerprint density at radius 1 is 1.17 bits per heavy atom. The Balaban J connectivity index is 1.99. The van der Waals surface area contributed by atoms with Gasteiger partial charge in [-0.1, -0.05) is 30.3 Å². The normalized spacial score (nSPS) is 17.6. The van der Waals surface area contributed by atoms with Crippen LogP contribution in [-0.4, -0.2) is 10.9 Å². The first-order valence-electron chi connectivity index (χ1n) is 5.43. The van der Waals surface area contributed by atoms with Crippen LogP contribution in [0.25, 0.3) is 0 Å². The second-order valence-corrected chi connectivity index (χ2v) is 4.70. The van der Waals surface area contributed by atoms with E-state index in [9.17, 15) is 4.79 Å². The number of benzene rings is 1. The molecule has 3 rings (SSSR count). The molecule has 4 nitrogen and oxygen atoms in total. The molecule has 0 spiro atoms. The van der Waals surface area contributed by atoms with Crippen LogP contribution in [-0.2, 0) is 4.79 Å². The van der Waals surface area contributed by atoms with Crippen molar-refractivity contribution < 1.29 is 9.53 Å². The van der Waals surface area contributed by atoms with Crippen LogP contribution in [0, 0.1) is 0 Å². The Kier molecular flexibility index (Phi) is 2.76. The standard InChI is InChI=1S/C13H9BrN2O2/c14-10-7-6-9-13(16-10)18-11(12(17)15-9)8-4-2-1-3-5-8/h1-7,11H,(H,15,17). The number of carbonyl (C=O) groups excluding carboxylic acids is 1. The summed E-state index contributed by atoms with van der Waals surface area (Å²) in [6.45, 7) is 0. The Hall–Kier alpha value is -1.88. The van der Waals surface area contributed by atoms with Gasteiger partial charge in [-0.25, -0.2) is 4.98 Å². The quantitative estimate of drug-likeness (QED) is 0.824. The monoisotopic (exact) mass is 304 g/mol. The number of nitrogens with one attached hydrogen (secondary N) is 1. The van der Waals surface area contributed by atoms with E-state index in [1.54, 1.807) is 12.1 Å². The van der Waals surface area contributed by atoms with E-state index in [-0.39, 0.29) is 5.91 Å². The molecule has 1 amide bonds. The lowest BCUT2D eigenvalue weighted by atomic mass is 10.1. The van der Waals surface area contributed by atoms with Crippen LogP contribution in [0.15, 0.2) is 47.1 Å². The summed E-state index contributed by atoms with van der Waals surface area (Å²) in [6.07, 6.45) is -0.652. The summed E-state index contributed by atoms with van der Waals surface area (Å²) < 4.78 is 6.33. The molecule has 0 saturated carbocycles. The average molecular weight is 305 g/mol. The van der Waals surface area contributed by atoms with Crippen LogP contribution in [0.4, 0.5) is 5.69 Å². The third kappa shape index (κ3) is 1.97. The predicted molar refractivity (Wildman–Crippen MR) is 70.4 cm³/mol. The lowest BCUT2D eigenvalue weighted by Crippen LogP contribution is -2.30. The lowest BCUT2D eigenvalue weighted by molar-refractivity contribution is -0.123. The Morgan fingerprint density at radius 3 is 2.72 bits per heavy atom. The smallest absolute Gasteiger partial charge is 0.270 e. The van der Waals surface area contributed by atoms with Gasteiger partial charge in [-0.15, -0.1) is 0 Å². The fourth-order valence-corrected chi connectivity index (χ4v) is 2.11. The molecule has 1 aliphatic heterocycles. The molecule has 0 bridgehead atoms. The fraction of sp³-hybridized carbons (Fsp3) is 0.0769. The summed E-state index contributed by atoms with van der Waals surface area (Å²) in [4.78, 5) is 16.2. The van der Waals surface area contributed by atoms with E-state index >= 15 is 0 Å². The molecule has 2 heterocycles. The van der Waals surface area contributed by atoms with Crippen molar-refractivity contribution in [3.63, 3.8) is 0 Å². The van der Waals surface area contributed by atoms with Crippen molar-refractivity contribution in [3.05, 3.63) is 52.6 Å². The number of ether oxygens (including phenoxy) is 1. The van der Waals surface area contributed by atoms with E-state index in [1.807, 2.05) is 30.3 Å². The minimum atomic E-state index is -0.652. The van der Waals surface area contributed by atoms with Crippen LogP contribution >= 0.6 is 15.9 Å². The highest BCUT2D eigenvalue weighted by atomic mass is 79.9.